The smallest absolute Gasteiger partial charge is 0.193 e. The lowest BCUT2D eigenvalue weighted by atomic mass is 10.1. The Kier molecular flexibility index (Phi) is 10.1. The Morgan fingerprint density at radius 3 is 2.52 bits per heavy atom. The van der Waals surface area contributed by atoms with Gasteiger partial charge in [-0.2, -0.15) is 0 Å². The molecule has 1 N–H and O–H groups in total. The number of ether oxygens (including phenoxy) is 2. The van der Waals surface area contributed by atoms with Crippen molar-refractivity contribution in [1.29, 1.82) is 0 Å². The number of methoxy groups -OCH3 is 1. The van der Waals surface area contributed by atoms with Crippen molar-refractivity contribution in [2.75, 3.05) is 47.6 Å². The molecule has 0 aromatic heterocycles. The molecule has 0 fully saturated rings. The maximum atomic E-state index is 5.45. The van der Waals surface area contributed by atoms with Crippen LogP contribution in [0.15, 0.2) is 29.3 Å². The molecule has 0 aliphatic heterocycles. The van der Waals surface area contributed by atoms with E-state index >= 15 is 0 Å². The van der Waals surface area contributed by atoms with Crippen LogP contribution in [-0.4, -0.2) is 58.4 Å². The molecule has 130 valence electrons. The molecule has 0 aliphatic rings. The fourth-order valence-corrected chi connectivity index (χ4v) is 2.20. The number of unbranched alkanes of at least 4 members (excludes halogenated alkanes) is 1. The second-order valence-electron chi connectivity index (χ2n) is 5.63. The summed E-state index contributed by atoms with van der Waals surface area (Å²) >= 11 is 0. The Hall–Kier alpha value is -1.59. The van der Waals surface area contributed by atoms with Crippen LogP contribution in [0.3, 0.4) is 0 Å². The van der Waals surface area contributed by atoms with Crippen molar-refractivity contribution in [3.63, 3.8) is 0 Å². The van der Waals surface area contributed by atoms with Crippen LogP contribution in [-0.2, 0) is 16.0 Å². The van der Waals surface area contributed by atoms with Crippen LogP contribution in [0, 0.1) is 6.92 Å². The van der Waals surface area contributed by atoms with E-state index in [0.717, 1.165) is 38.5 Å². The molecule has 0 unspecified atom stereocenters. The van der Waals surface area contributed by atoms with Crippen LogP contribution >= 0.6 is 0 Å². The Labute approximate surface area is 140 Å². The highest BCUT2D eigenvalue weighted by molar-refractivity contribution is 5.79. The van der Waals surface area contributed by atoms with Crippen LogP contribution in [0.25, 0.3) is 0 Å². The number of aliphatic imine (C=N–C) groups is 1. The van der Waals surface area contributed by atoms with E-state index in [1.807, 2.05) is 7.05 Å². The molecule has 1 rings (SSSR count). The fraction of sp³-hybridized carbons (Fsp3) is 0.611. The first kappa shape index (κ1) is 19.5. The molecular weight excluding hydrogens is 290 g/mol. The quantitative estimate of drug-likeness (QED) is 0.408. The van der Waals surface area contributed by atoms with E-state index in [9.17, 15) is 0 Å². The minimum Gasteiger partial charge on any atom is -0.382 e. The lowest BCUT2D eigenvalue weighted by Gasteiger charge is -2.22. The Morgan fingerprint density at radius 1 is 1.13 bits per heavy atom. The summed E-state index contributed by atoms with van der Waals surface area (Å²) < 4.78 is 10.4. The van der Waals surface area contributed by atoms with E-state index < -0.39 is 0 Å². The van der Waals surface area contributed by atoms with E-state index in [2.05, 4.69) is 53.4 Å². The van der Waals surface area contributed by atoms with E-state index in [1.165, 1.54) is 11.1 Å². The first-order valence-electron chi connectivity index (χ1n) is 8.21. The predicted octanol–water partition coefficient (Wildman–Crippen LogP) is 2.45. The highest BCUT2D eigenvalue weighted by atomic mass is 16.5. The summed E-state index contributed by atoms with van der Waals surface area (Å²) in [5.41, 5.74) is 2.57. The van der Waals surface area contributed by atoms with Gasteiger partial charge in [0, 0.05) is 40.9 Å². The van der Waals surface area contributed by atoms with Crippen LogP contribution in [0.2, 0.25) is 0 Å². The van der Waals surface area contributed by atoms with Crippen LogP contribution in [0.1, 0.15) is 24.0 Å². The van der Waals surface area contributed by atoms with E-state index in [1.54, 1.807) is 7.11 Å². The Bertz CT molecular complexity index is 446. The number of aryl methyl sites for hydroxylation is 1. The first-order valence-corrected chi connectivity index (χ1v) is 8.21. The summed E-state index contributed by atoms with van der Waals surface area (Å²) in [4.78, 5) is 6.48. The largest absolute Gasteiger partial charge is 0.382 e. The van der Waals surface area contributed by atoms with Gasteiger partial charge in [0.15, 0.2) is 5.96 Å². The standard InChI is InChI=1S/C18H31N3O2/c1-16-7-9-17(10-8-16)15-21(3)18(19-2)20-11-5-6-12-23-14-13-22-4/h7-10H,5-6,11-15H2,1-4H3,(H,19,20). The normalized spacial score (nSPS) is 11.6. The molecule has 1 aromatic carbocycles. The van der Waals surface area contributed by atoms with Gasteiger partial charge < -0.3 is 19.7 Å². The van der Waals surface area contributed by atoms with Gasteiger partial charge in [0.25, 0.3) is 0 Å². The second-order valence-corrected chi connectivity index (χ2v) is 5.63. The summed E-state index contributed by atoms with van der Waals surface area (Å²) in [6, 6.07) is 8.61. The number of benzene rings is 1. The van der Waals surface area contributed by atoms with Gasteiger partial charge in [-0.15, -0.1) is 0 Å². The van der Waals surface area contributed by atoms with Crippen molar-refractivity contribution in [1.82, 2.24) is 10.2 Å². The Balaban J connectivity index is 2.21. The monoisotopic (exact) mass is 321 g/mol. The van der Waals surface area contributed by atoms with Gasteiger partial charge >= 0.3 is 0 Å². The summed E-state index contributed by atoms with van der Waals surface area (Å²) in [7, 11) is 5.57. The first-order chi connectivity index (χ1) is 11.2. The van der Waals surface area contributed by atoms with Crippen molar-refractivity contribution in [3.05, 3.63) is 35.4 Å². The average molecular weight is 321 g/mol. The van der Waals surface area contributed by atoms with E-state index in [4.69, 9.17) is 9.47 Å². The second kappa shape index (κ2) is 11.9. The topological polar surface area (TPSA) is 46.1 Å². The van der Waals surface area contributed by atoms with Gasteiger partial charge in [0.1, 0.15) is 0 Å². The van der Waals surface area contributed by atoms with Crippen molar-refractivity contribution in [2.24, 2.45) is 4.99 Å². The third kappa shape index (κ3) is 8.57. The summed E-state index contributed by atoms with van der Waals surface area (Å²) in [5, 5.41) is 3.40. The van der Waals surface area contributed by atoms with Gasteiger partial charge in [-0.05, 0) is 25.3 Å². The number of guanidine groups is 1. The van der Waals surface area contributed by atoms with Crippen molar-refractivity contribution in [2.45, 2.75) is 26.3 Å². The minimum atomic E-state index is 0.661. The molecule has 0 spiro atoms. The van der Waals surface area contributed by atoms with Gasteiger partial charge in [-0.1, -0.05) is 29.8 Å². The number of hydrogen-bond donors (Lipinski definition) is 1. The SMILES string of the molecule is CN=C(NCCCCOCCOC)N(C)Cc1ccc(C)cc1. The van der Waals surface area contributed by atoms with Crippen molar-refractivity contribution in [3.8, 4) is 0 Å². The number of rotatable bonds is 10. The molecule has 0 atom stereocenters. The molecule has 1 aromatic rings. The third-order valence-corrected chi connectivity index (χ3v) is 3.54. The molecule has 5 nitrogen and oxygen atoms in total. The van der Waals surface area contributed by atoms with E-state index in [0.29, 0.717) is 13.2 Å². The molecule has 0 saturated heterocycles. The zero-order valence-corrected chi connectivity index (χ0v) is 15.0. The molecule has 0 amide bonds. The molecule has 23 heavy (non-hydrogen) atoms. The number of hydrogen-bond acceptors (Lipinski definition) is 3. The molecular formula is C18H31N3O2. The lowest BCUT2D eigenvalue weighted by Crippen LogP contribution is -2.38. The van der Waals surface area contributed by atoms with Gasteiger partial charge in [0.05, 0.1) is 13.2 Å². The van der Waals surface area contributed by atoms with Gasteiger partial charge in [0.2, 0.25) is 0 Å². The molecule has 0 heterocycles. The van der Waals surface area contributed by atoms with Crippen LogP contribution in [0.5, 0.6) is 0 Å². The zero-order chi connectivity index (χ0) is 16.9. The lowest BCUT2D eigenvalue weighted by molar-refractivity contribution is 0.0689. The van der Waals surface area contributed by atoms with Crippen molar-refractivity contribution < 1.29 is 9.47 Å². The molecule has 0 aliphatic carbocycles. The van der Waals surface area contributed by atoms with Crippen LogP contribution < -0.4 is 5.32 Å². The average Bonchev–Trinajstić information content (AvgIpc) is 2.55. The number of nitrogens with one attached hydrogen (secondary N) is 1. The third-order valence-electron chi connectivity index (χ3n) is 3.54. The summed E-state index contributed by atoms with van der Waals surface area (Å²) in [6.45, 7) is 5.97. The molecule has 0 radical (unpaired) electrons. The van der Waals surface area contributed by atoms with Crippen molar-refractivity contribution >= 4 is 5.96 Å². The summed E-state index contributed by atoms with van der Waals surface area (Å²) in [5.74, 6) is 0.922. The minimum absolute atomic E-state index is 0.661. The molecule has 5 heteroatoms. The predicted molar refractivity (Wildman–Crippen MR) is 95.9 cm³/mol. The van der Waals surface area contributed by atoms with Crippen LogP contribution in [0.4, 0.5) is 0 Å². The Morgan fingerprint density at radius 2 is 1.87 bits per heavy atom. The van der Waals surface area contributed by atoms with Gasteiger partial charge in [-0.25, -0.2) is 0 Å². The van der Waals surface area contributed by atoms with Gasteiger partial charge in [-0.3, -0.25) is 4.99 Å². The molecule has 0 saturated carbocycles. The maximum Gasteiger partial charge on any atom is 0.193 e. The number of nitrogens with zero attached hydrogens (tertiary/aromatic N) is 2. The van der Waals surface area contributed by atoms with E-state index in [-0.39, 0.29) is 0 Å². The maximum absolute atomic E-state index is 5.45. The molecule has 0 bridgehead atoms. The highest BCUT2D eigenvalue weighted by Crippen LogP contribution is 2.06. The summed E-state index contributed by atoms with van der Waals surface area (Å²) in [6.07, 6.45) is 2.10. The highest BCUT2D eigenvalue weighted by Gasteiger charge is 2.05. The zero-order valence-electron chi connectivity index (χ0n) is 15.0. The fourth-order valence-electron chi connectivity index (χ4n) is 2.20.